The zero-order valence-electron chi connectivity index (χ0n) is 8.32. The Bertz CT molecular complexity index is 504. The Balaban J connectivity index is 2.27. The van der Waals surface area contributed by atoms with Crippen molar-refractivity contribution < 1.29 is 4.39 Å². The van der Waals surface area contributed by atoms with Crippen LogP contribution in [0.15, 0.2) is 34.6 Å². The molecule has 82 valence electrons. The lowest BCUT2D eigenvalue weighted by atomic mass is 10.4. The topological polar surface area (TPSA) is 38.7 Å². The van der Waals surface area contributed by atoms with Crippen molar-refractivity contribution >= 4 is 23.4 Å². The van der Waals surface area contributed by atoms with Gasteiger partial charge in [0.25, 0.3) is 0 Å². The van der Waals surface area contributed by atoms with Gasteiger partial charge in [-0.1, -0.05) is 23.4 Å². The van der Waals surface area contributed by atoms with E-state index >= 15 is 0 Å². The average Bonchev–Trinajstić information content (AvgIpc) is 2.28. The molecular formula is C10H7ClFN3S. The Morgan fingerprint density at radius 3 is 2.75 bits per heavy atom. The fraction of sp³-hybridized carbons (Fsp3) is 0.100. The number of hydrogen-bond donors (Lipinski definition) is 0. The predicted octanol–water partition coefficient (Wildman–Crippen LogP) is 3.12. The molecule has 0 spiro atoms. The number of pyridine rings is 1. The van der Waals surface area contributed by atoms with Crippen molar-refractivity contribution in [2.24, 2.45) is 0 Å². The number of halogens is 2. The monoisotopic (exact) mass is 255 g/mol. The zero-order chi connectivity index (χ0) is 11.5. The molecule has 0 fully saturated rings. The largest absolute Gasteiger partial charge is 0.258 e. The van der Waals surface area contributed by atoms with E-state index in [9.17, 15) is 4.39 Å². The minimum absolute atomic E-state index is 0.315. The number of nitrogens with zero attached hydrogens (tertiary/aromatic N) is 3. The van der Waals surface area contributed by atoms with Crippen LogP contribution in [0.2, 0.25) is 5.15 Å². The van der Waals surface area contributed by atoms with Crippen molar-refractivity contribution in [2.45, 2.75) is 16.8 Å². The second kappa shape index (κ2) is 4.76. The molecule has 0 aliphatic heterocycles. The van der Waals surface area contributed by atoms with Gasteiger partial charge in [-0.05, 0) is 13.0 Å². The minimum Gasteiger partial charge on any atom is -0.258 e. The van der Waals surface area contributed by atoms with Crippen LogP contribution in [-0.4, -0.2) is 15.0 Å². The molecule has 0 unspecified atom stereocenters. The predicted molar refractivity (Wildman–Crippen MR) is 60.1 cm³/mol. The first-order valence-electron chi connectivity index (χ1n) is 4.43. The van der Waals surface area contributed by atoms with E-state index in [0.29, 0.717) is 20.8 Å². The van der Waals surface area contributed by atoms with Gasteiger partial charge in [-0.2, -0.15) is 0 Å². The van der Waals surface area contributed by atoms with Crippen molar-refractivity contribution in [2.75, 3.05) is 0 Å². The van der Waals surface area contributed by atoms with Crippen LogP contribution in [0.4, 0.5) is 4.39 Å². The molecule has 0 radical (unpaired) electrons. The van der Waals surface area contributed by atoms with Crippen molar-refractivity contribution in [3.05, 3.63) is 41.3 Å². The van der Waals surface area contributed by atoms with E-state index < -0.39 is 0 Å². The molecule has 2 rings (SSSR count). The first-order valence-corrected chi connectivity index (χ1v) is 5.63. The van der Waals surface area contributed by atoms with E-state index in [0.717, 1.165) is 0 Å². The van der Waals surface area contributed by atoms with E-state index in [-0.39, 0.29) is 5.82 Å². The SMILES string of the molecule is Cc1nccc(Sc2cnc(Cl)cn2)c1F. The molecule has 6 heteroatoms. The van der Waals surface area contributed by atoms with E-state index in [1.54, 1.807) is 19.2 Å². The number of aromatic nitrogens is 3. The van der Waals surface area contributed by atoms with Gasteiger partial charge < -0.3 is 0 Å². The molecule has 0 saturated heterocycles. The lowest BCUT2D eigenvalue weighted by Gasteiger charge is -2.03. The van der Waals surface area contributed by atoms with Crippen molar-refractivity contribution in [1.29, 1.82) is 0 Å². The van der Waals surface area contributed by atoms with Gasteiger partial charge >= 0.3 is 0 Å². The second-order valence-corrected chi connectivity index (χ2v) is 4.44. The van der Waals surface area contributed by atoms with Crippen molar-refractivity contribution in [3.63, 3.8) is 0 Å². The molecule has 2 aromatic rings. The van der Waals surface area contributed by atoms with E-state index in [2.05, 4.69) is 15.0 Å². The van der Waals surface area contributed by atoms with Gasteiger partial charge in [0, 0.05) is 6.20 Å². The molecule has 0 atom stereocenters. The van der Waals surface area contributed by atoms with Gasteiger partial charge in [-0.15, -0.1) is 0 Å². The third-order valence-corrected chi connectivity index (χ3v) is 2.99. The van der Waals surface area contributed by atoms with Crippen LogP contribution in [0.5, 0.6) is 0 Å². The molecule has 3 nitrogen and oxygen atoms in total. The molecule has 0 N–H and O–H groups in total. The fourth-order valence-corrected chi connectivity index (χ4v) is 1.97. The lowest BCUT2D eigenvalue weighted by molar-refractivity contribution is 0.583. The molecule has 0 aromatic carbocycles. The maximum atomic E-state index is 13.6. The third-order valence-electron chi connectivity index (χ3n) is 1.84. The highest BCUT2D eigenvalue weighted by Crippen LogP contribution is 2.28. The van der Waals surface area contributed by atoms with Crippen LogP contribution in [0.3, 0.4) is 0 Å². The Morgan fingerprint density at radius 1 is 1.25 bits per heavy atom. The number of aryl methyl sites for hydroxylation is 1. The van der Waals surface area contributed by atoms with Gasteiger partial charge in [0.05, 0.1) is 23.0 Å². The summed E-state index contributed by atoms with van der Waals surface area (Å²) >= 11 is 6.79. The quantitative estimate of drug-likeness (QED) is 0.827. The Kier molecular flexibility index (Phi) is 3.36. The zero-order valence-corrected chi connectivity index (χ0v) is 9.89. The summed E-state index contributed by atoms with van der Waals surface area (Å²) in [7, 11) is 0. The molecule has 0 saturated carbocycles. The summed E-state index contributed by atoms with van der Waals surface area (Å²) in [5, 5.41) is 0.907. The maximum Gasteiger partial charge on any atom is 0.158 e. The molecule has 0 aliphatic rings. The highest BCUT2D eigenvalue weighted by atomic mass is 35.5. The van der Waals surface area contributed by atoms with Crippen molar-refractivity contribution in [1.82, 2.24) is 15.0 Å². The van der Waals surface area contributed by atoms with Gasteiger partial charge in [0.2, 0.25) is 0 Å². The fourth-order valence-electron chi connectivity index (χ4n) is 1.07. The summed E-state index contributed by atoms with van der Waals surface area (Å²) in [6.45, 7) is 1.62. The molecule has 0 bridgehead atoms. The molecule has 16 heavy (non-hydrogen) atoms. The standard InChI is InChI=1S/C10H7ClFN3S/c1-6-10(12)7(2-3-13-6)16-9-5-14-8(11)4-15-9/h2-5H,1H3. The smallest absolute Gasteiger partial charge is 0.158 e. The van der Waals surface area contributed by atoms with Gasteiger partial charge in [0.15, 0.2) is 5.82 Å². The maximum absolute atomic E-state index is 13.6. The number of rotatable bonds is 2. The average molecular weight is 256 g/mol. The third kappa shape index (κ3) is 2.48. The van der Waals surface area contributed by atoms with Crippen LogP contribution < -0.4 is 0 Å². The van der Waals surface area contributed by atoms with Crippen LogP contribution in [0, 0.1) is 12.7 Å². The molecular weight excluding hydrogens is 249 g/mol. The van der Waals surface area contributed by atoms with Crippen LogP contribution in [-0.2, 0) is 0 Å². The Labute approximate surface area is 101 Å². The van der Waals surface area contributed by atoms with E-state index in [1.165, 1.54) is 24.2 Å². The van der Waals surface area contributed by atoms with Crippen LogP contribution in [0.25, 0.3) is 0 Å². The normalized spacial score (nSPS) is 10.4. The highest BCUT2D eigenvalue weighted by molar-refractivity contribution is 7.99. The molecule has 2 heterocycles. The summed E-state index contributed by atoms with van der Waals surface area (Å²) < 4.78 is 13.6. The molecule has 2 aromatic heterocycles. The van der Waals surface area contributed by atoms with E-state index in [4.69, 9.17) is 11.6 Å². The van der Waals surface area contributed by atoms with Gasteiger partial charge in [-0.3, -0.25) is 4.98 Å². The summed E-state index contributed by atoms with van der Waals surface area (Å²) in [5.41, 5.74) is 0.368. The minimum atomic E-state index is -0.329. The Morgan fingerprint density at radius 2 is 2.06 bits per heavy atom. The first-order chi connectivity index (χ1) is 7.66. The summed E-state index contributed by atoms with van der Waals surface area (Å²) in [6.07, 6.45) is 4.49. The van der Waals surface area contributed by atoms with Crippen LogP contribution >= 0.6 is 23.4 Å². The number of hydrogen-bond acceptors (Lipinski definition) is 4. The van der Waals surface area contributed by atoms with Gasteiger partial charge in [-0.25, -0.2) is 14.4 Å². The van der Waals surface area contributed by atoms with Crippen molar-refractivity contribution in [3.8, 4) is 0 Å². The van der Waals surface area contributed by atoms with E-state index in [1.807, 2.05) is 0 Å². The van der Waals surface area contributed by atoms with Gasteiger partial charge in [0.1, 0.15) is 10.2 Å². The second-order valence-electron chi connectivity index (χ2n) is 2.99. The summed E-state index contributed by atoms with van der Waals surface area (Å²) in [4.78, 5) is 12.2. The lowest BCUT2D eigenvalue weighted by Crippen LogP contribution is -1.91. The molecule has 0 amide bonds. The Hall–Kier alpha value is -1.20. The summed E-state index contributed by atoms with van der Waals surface area (Å²) in [6, 6.07) is 1.60. The van der Waals surface area contributed by atoms with Crippen LogP contribution in [0.1, 0.15) is 5.69 Å². The summed E-state index contributed by atoms with van der Waals surface area (Å²) in [5.74, 6) is -0.329. The molecule has 0 aliphatic carbocycles. The first kappa shape index (κ1) is 11.3. The highest BCUT2D eigenvalue weighted by Gasteiger charge is 2.08.